The third kappa shape index (κ3) is 11.2. The lowest BCUT2D eigenvalue weighted by Gasteiger charge is -2.35. The summed E-state index contributed by atoms with van der Waals surface area (Å²) < 4.78 is 18.1. The molecular weight excluding hydrogens is 845 g/mol. The van der Waals surface area contributed by atoms with E-state index in [1.807, 2.05) is 0 Å². The molecule has 5 aromatic carbocycles. The van der Waals surface area contributed by atoms with E-state index in [9.17, 15) is 0 Å². The van der Waals surface area contributed by atoms with E-state index >= 15 is 0 Å². The molecule has 69 heavy (non-hydrogen) atoms. The van der Waals surface area contributed by atoms with Gasteiger partial charge >= 0.3 is 0 Å². The fourth-order valence-electron chi connectivity index (χ4n) is 12.2. The van der Waals surface area contributed by atoms with Crippen molar-refractivity contribution in [1.82, 2.24) is 19.8 Å². The van der Waals surface area contributed by atoms with Crippen molar-refractivity contribution in [3.05, 3.63) is 166 Å². The number of rotatable bonds is 15. The number of benzene rings is 5. The molecule has 2 aliphatic heterocycles. The second kappa shape index (κ2) is 20.6. The predicted molar refractivity (Wildman–Crippen MR) is 287 cm³/mol. The van der Waals surface area contributed by atoms with Gasteiger partial charge in [-0.2, -0.15) is 0 Å². The molecule has 1 saturated carbocycles. The van der Waals surface area contributed by atoms with Crippen molar-refractivity contribution in [2.45, 2.75) is 142 Å². The van der Waals surface area contributed by atoms with Crippen LogP contribution in [0, 0.1) is 18.8 Å². The molecule has 362 valence electrons. The number of fused-ring (bicyclic) bond motifs is 2. The predicted octanol–water partition coefficient (Wildman–Crippen LogP) is 14.4. The summed E-state index contributed by atoms with van der Waals surface area (Å²) in [6.45, 7) is 21.4. The summed E-state index contributed by atoms with van der Waals surface area (Å²) in [5.74, 6) is 4.38. The van der Waals surface area contributed by atoms with Gasteiger partial charge in [0.15, 0.2) is 0 Å². The molecule has 0 amide bonds. The molecule has 0 spiro atoms. The van der Waals surface area contributed by atoms with Crippen LogP contribution in [0.4, 0.5) is 0 Å². The number of hydrogen-bond acceptors (Lipinski definition) is 4. The van der Waals surface area contributed by atoms with Crippen LogP contribution in [0.5, 0.6) is 11.5 Å². The topological polar surface area (TPSA) is 52.4 Å². The monoisotopic (exact) mass is 923 g/mol. The lowest BCUT2D eigenvalue weighted by molar-refractivity contribution is 0.159. The highest BCUT2D eigenvalue weighted by Gasteiger charge is 2.30. The average Bonchev–Trinajstić information content (AvgIpc) is 3.90. The highest BCUT2D eigenvalue weighted by atomic mass is 16.5. The van der Waals surface area contributed by atoms with Gasteiger partial charge in [-0.3, -0.25) is 0 Å². The third-order valence-corrected chi connectivity index (χ3v) is 16.3. The molecule has 0 bridgehead atoms. The molecule has 4 heterocycles. The minimum absolute atomic E-state index is 0.0909. The highest BCUT2D eigenvalue weighted by molar-refractivity contribution is 5.87. The summed E-state index contributed by atoms with van der Waals surface area (Å²) in [5.41, 5.74) is 13.8. The number of nitrogens with one attached hydrogen (secondary N) is 2. The molecule has 0 radical (unpaired) electrons. The number of aromatic nitrogens is 2. The van der Waals surface area contributed by atoms with E-state index < -0.39 is 0 Å². The Morgan fingerprint density at radius 3 is 1.57 bits per heavy atom. The first kappa shape index (κ1) is 47.4. The first-order chi connectivity index (χ1) is 33.4. The second-order valence-electron chi connectivity index (χ2n) is 23.0. The Bertz CT molecular complexity index is 2790. The molecule has 2 saturated heterocycles. The van der Waals surface area contributed by atoms with E-state index in [1.54, 1.807) is 0 Å². The Labute approximate surface area is 413 Å². The van der Waals surface area contributed by atoms with Crippen molar-refractivity contribution >= 4 is 21.8 Å². The van der Waals surface area contributed by atoms with Crippen LogP contribution in [-0.4, -0.2) is 41.9 Å². The number of piperidine rings is 2. The van der Waals surface area contributed by atoms with Gasteiger partial charge in [0.2, 0.25) is 0 Å². The van der Waals surface area contributed by atoms with E-state index in [1.165, 1.54) is 124 Å². The van der Waals surface area contributed by atoms with Crippen molar-refractivity contribution in [2.75, 3.05) is 32.8 Å². The van der Waals surface area contributed by atoms with Crippen LogP contribution in [0.2, 0.25) is 0 Å². The fourth-order valence-corrected chi connectivity index (χ4v) is 12.2. The van der Waals surface area contributed by atoms with Crippen molar-refractivity contribution in [1.29, 1.82) is 0 Å². The molecule has 7 aromatic rings. The molecule has 3 aliphatic rings. The summed E-state index contributed by atoms with van der Waals surface area (Å²) in [6, 6.07) is 41.2. The second-order valence-corrected chi connectivity index (χ2v) is 23.0. The molecule has 2 atom stereocenters. The van der Waals surface area contributed by atoms with Crippen LogP contribution in [0.15, 0.2) is 122 Å². The molecule has 2 unspecified atom stereocenters. The van der Waals surface area contributed by atoms with Gasteiger partial charge in [-0.1, -0.05) is 126 Å². The summed E-state index contributed by atoms with van der Waals surface area (Å²) >= 11 is 0. The third-order valence-electron chi connectivity index (χ3n) is 16.3. The lowest BCUT2D eigenvalue weighted by Crippen LogP contribution is -2.27. The van der Waals surface area contributed by atoms with Crippen LogP contribution in [0.1, 0.15) is 149 Å². The summed E-state index contributed by atoms with van der Waals surface area (Å²) in [6.07, 6.45) is 15.9. The Morgan fingerprint density at radius 2 is 1.03 bits per heavy atom. The van der Waals surface area contributed by atoms with Crippen molar-refractivity contribution in [3.63, 3.8) is 0 Å². The van der Waals surface area contributed by atoms with Crippen LogP contribution in [-0.2, 0) is 30.5 Å². The maximum absolute atomic E-state index is 6.76. The van der Waals surface area contributed by atoms with Gasteiger partial charge in [0.25, 0.3) is 0 Å². The number of aryl methyl sites for hydroxylation is 1. The highest BCUT2D eigenvalue weighted by Crippen LogP contribution is 2.41. The Morgan fingerprint density at radius 1 is 0.536 bits per heavy atom. The molecule has 2 aromatic heterocycles. The first-order valence-corrected chi connectivity index (χ1v) is 26.6. The number of hydrogen-bond donors (Lipinski definition) is 2. The Balaban J connectivity index is 0.790. The Hall–Kier alpha value is -5.30. The summed E-state index contributed by atoms with van der Waals surface area (Å²) in [4.78, 5) is 0. The zero-order chi connectivity index (χ0) is 47.5. The summed E-state index contributed by atoms with van der Waals surface area (Å²) in [7, 11) is 0. The van der Waals surface area contributed by atoms with Crippen LogP contribution >= 0.6 is 0 Å². The van der Waals surface area contributed by atoms with Gasteiger partial charge in [0.05, 0.1) is 17.6 Å². The molecule has 1 aliphatic carbocycles. The molecular formula is C63H78N4O2. The minimum atomic E-state index is 0.0909. The zero-order valence-electron chi connectivity index (χ0n) is 42.6. The maximum atomic E-state index is 6.76. The molecule has 3 fully saturated rings. The van der Waals surface area contributed by atoms with Crippen molar-refractivity contribution < 1.29 is 9.47 Å². The maximum Gasteiger partial charge on any atom is 0.121 e. The van der Waals surface area contributed by atoms with E-state index in [-0.39, 0.29) is 10.8 Å². The van der Waals surface area contributed by atoms with E-state index in [0.717, 1.165) is 57.4 Å². The smallest absolute Gasteiger partial charge is 0.121 e. The first-order valence-electron chi connectivity index (χ1n) is 26.6. The fraction of sp³-hybridized carbons (Fsp3) is 0.460. The molecule has 6 nitrogen and oxygen atoms in total. The van der Waals surface area contributed by atoms with E-state index in [4.69, 9.17) is 9.47 Å². The largest absolute Gasteiger partial charge is 0.493 e. The van der Waals surface area contributed by atoms with Gasteiger partial charge in [0, 0.05) is 48.4 Å². The van der Waals surface area contributed by atoms with Gasteiger partial charge in [-0.05, 0) is 176 Å². The Kier molecular flexibility index (Phi) is 14.1. The van der Waals surface area contributed by atoms with Crippen LogP contribution in [0.25, 0.3) is 21.8 Å². The van der Waals surface area contributed by atoms with Crippen LogP contribution < -0.4 is 20.1 Å². The molecule has 10 rings (SSSR count). The van der Waals surface area contributed by atoms with E-state index in [2.05, 4.69) is 183 Å². The zero-order valence-corrected chi connectivity index (χ0v) is 42.6. The van der Waals surface area contributed by atoms with Crippen LogP contribution in [0.3, 0.4) is 0 Å². The van der Waals surface area contributed by atoms with Crippen molar-refractivity contribution in [2.24, 2.45) is 11.8 Å². The number of ether oxygens (including phenoxy) is 2. The quantitative estimate of drug-likeness (QED) is 0.108. The minimum Gasteiger partial charge on any atom is -0.493 e. The lowest BCUT2D eigenvalue weighted by atomic mass is 9.71. The van der Waals surface area contributed by atoms with Gasteiger partial charge < -0.3 is 29.2 Å². The normalized spacial score (nSPS) is 18.8. The van der Waals surface area contributed by atoms with Gasteiger partial charge in [-0.25, -0.2) is 0 Å². The standard InChI is InChI=1S/C63H78N4O2/c1-44-10-12-47(13-11-44)42-68-54-22-24-56-59(51-28-32-65-33-29-51)41-67(60(56)35-54)39-46-16-20-53(21-17-46)63(5,6)37-48-8-7-9-49(34-48)43-69-55-23-25-57-58(50-26-30-64-31-27-50)40-66(61(57)36-55)38-45-14-18-52(19-15-45)62(2,3)4/h10-25,35-36,40-41,48-51,64-65H,7-9,26-34,37-39,42-43H2,1-6H3. The summed E-state index contributed by atoms with van der Waals surface area (Å²) in [5, 5.41) is 9.90. The average molecular weight is 923 g/mol. The van der Waals surface area contributed by atoms with Gasteiger partial charge in [0.1, 0.15) is 18.1 Å². The number of nitrogens with zero attached hydrogens (tertiary/aromatic N) is 2. The van der Waals surface area contributed by atoms with Gasteiger partial charge in [-0.15, -0.1) is 0 Å². The van der Waals surface area contributed by atoms with E-state index in [0.29, 0.717) is 30.3 Å². The van der Waals surface area contributed by atoms with Crippen molar-refractivity contribution in [3.8, 4) is 11.5 Å². The molecule has 6 heteroatoms. The SMILES string of the molecule is Cc1ccc(COc2ccc3c(C4CCNCC4)cn(Cc4ccc(C(C)(C)CC5CCCC(COc6ccc7c(C8CCNCC8)cn(Cc8ccc(C(C)(C)C)cc8)c7c6)C5)cc4)c3c2)cc1. The molecule has 2 N–H and O–H groups in total.